The summed E-state index contributed by atoms with van der Waals surface area (Å²) >= 11 is 1.53. The minimum absolute atomic E-state index is 0. The summed E-state index contributed by atoms with van der Waals surface area (Å²) in [6.45, 7) is 3.44. The van der Waals surface area contributed by atoms with Crippen LogP contribution in [0, 0.1) is 0 Å². The molecule has 23 heavy (non-hydrogen) atoms. The number of aliphatic imine (C=N–C) groups is 1. The van der Waals surface area contributed by atoms with Gasteiger partial charge in [-0.2, -0.15) is 0 Å². The van der Waals surface area contributed by atoms with Gasteiger partial charge in [0, 0.05) is 18.9 Å². The van der Waals surface area contributed by atoms with Crippen LogP contribution in [0.25, 0.3) is 0 Å². The van der Waals surface area contributed by atoms with Crippen LogP contribution in [-0.4, -0.2) is 44.1 Å². The van der Waals surface area contributed by atoms with Crippen LogP contribution in [0.4, 0.5) is 0 Å². The number of methoxy groups -OCH3 is 1. The number of halogens is 1. The lowest BCUT2D eigenvalue weighted by atomic mass is 10.3. The van der Waals surface area contributed by atoms with E-state index in [0.717, 1.165) is 29.4 Å². The van der Waals surface area contributed by atoms with E-state index >= 15 is 0 Å². The van der Waals surface area contributed by atoms with Gasteiger partial charge in [-0.25, -0.2) is 0 Å². The molecule has 1 aliphatic rings. The molecule has 2 N–H and O–H groups in total. The first kappa shape index (κ1) is 19.7. The normalized spacial score (nSPS) is 14.3. The number of fused-ring (bicyclic) bond motifs is 1. The van der Waals surface area contributed by atoms with E-state index in [9.17, 15) is 0 Å². The number of nitrogens with zero attached hydrogens (tertiary/aromatic N) is 1. The second-order valence-corrected chi connectivity index (χ2v) is 5.95. The summed E-state index contributed by atoms with van der Waals surface area (Å²) in [5.74, 6) is 3.14. The van der Waals surface area contributed by atoms with Crippen LogP contribution >= 0.6 is 24.2 Å². The maximum Gasteiger partial charge on any atom is 0.231 e. The number of benzene rings is 1. The first-order valence-corrected chi connectivity index (χ1v) is 8.15. The molecule has 8 heteroatoms. The molecule has 0 bridgehead atoms. The minimum atomic E-state index is 0. The van der Waals surface area contributed by atoms with Gasteiger partial charge < -0.3 is 24.7 Å². The Labute approximate surface area is 147 Å². The van der Waals surface area contributed by atoms with Gasteiger partial charge in [0.1, 0.15) is 5.75 Å². The molecule has 6 nitrogen and oxygen atoms in total. The maximum absolute atomic E-state index is 5.85. The third-order valence-corrected chi connectivity index (χ3v) is 3.80. The van der Waals surface area contributed by atoms with Crippen molar-refractivity contribution in [2.24, 2.45) is 10.7 Å². The SMILES string of the molecule is COCC(C)N=C(N)SCCCOc1ccc2c(c1)OCO2.Cl. The van der Waals surface area contributed by atoms with Crippen LogP contribution in [0.1, 0.15) is 13.3 Å². The molecule has 0 amide bonds. The predicted octanol–water partition coefficient (Wildman–Crippen LogP) is 2.69. The molecule has 0 saturated heterocycles. The standard InChI is InChI=1S/C15H22N2O4S.ClH/c1-11(9-18-2)17-15(16)22-7-3-6-19-12-4-5-13-14(8-12)21-10-20-13;/h4-5,8,11H,3,6-7,9-10H2,1-2H3,(H2,16,17);1H. The van der Waals surface area contributed by atoms with E-state index in [-0.39, 0.29) is 25.2 Å². The molecule has 1 aromatic rings. The fraction of sp³-hybridized carbons (Fsp3) is 0.533. The van der Waals surface area contributed by atoms with Crippen molar-refractivity contribution < 1.29 is 18.9 Å². The summed E-state index contributed by atoms with van der Waals surface area (Å²) in [6.07, 6.45) is 0.883. The monoisotopic (exact) mass is 362 g/mol. The van der Waals surface area contributed by atoms with Crippen molar-refractivity contribution in [1.29, 1.82) is 0 Å². The molecule has 130 valence electrons. The predicted molar refractivity (Wildman–Crippen MR) is 95.3 cm³/mol. The molecule has 1 unspecified atom stereocenters. The third-order valence-electron chi connectivity index (χ3n) is 2.91. The molecule has 0 radical (unpaired) electrons. The lowest BCUT2D eigenvalue weighted by Gasteiger charge is -2.08. The van der Waals surface area contributed by atoms with E-state index in [1.54, 1.807) is 7.11 Å². The zero-order valence-electron chi connectivity index (χ0n) is 13.3. The van der Waals surface area contributed by atoms with E-state index in [1.807, 2.05) is 25.1 Å². The Morgan fingerprint density at radius 2 is 2.17 bits per heavy atom. The highest BCUT2D eigenvalue weighted by Crippen LogP contribution is 2.35. The van der Waals surface area contributed by atoms with Crippen LogP contribution in [-0.2, 0) is 4.74 Å². The van der Waals surface area contributed by atoms with Gasteiger partial charge in [0.2, 0.25) is 6.79 Å². The number of hydrogen-bond acceptors (Lipinski definition) is 6. The van der Waals surface area contributed by atoms with Gasteiger partial charge in [0.05, 0.1) is 19.3 Å². The quantitative estimate of drug-likeness (QED) is 0.435. The van der Waals surface area contributed by atoms with Crippen molar-refractivity contribution in [3.63, 3.8) is 0 Å². The van der Waals surface area contributed by atoms with Crippen LogP contribution in [0.2, 0.25) is 0 Å². The van der Waals surface area contributed by atoms with Crippen LogP contribution in [0.3, 0.4) is 0 Å². The second kappa shape index (κ2) is 10.5. The smallest absolute Gasteiger partial charge is 0.231 e. The lowest BCUT2D eigenvalue weighted by molar-refractivity contribution is 0.173. The highest BCUT2D eigenvalue weighted by atomic mass is 35.5. The van der Waals surface area contributed by atoms with E-state index < -0.39 is 0 Å². The maximum atomic E-state index is 5.85. The second-order valence-electron chi connectivity index (χ2n) is 4.84. The van der Waals surface area contributed by atoms with Crippen molar-refractivity contribution in [3.8, 4) is 17.2 Å². The van der Waals surface area contributed by atoms with E-state index in [4.69, 9.17) is 24.7 Å². The van der Waals surface area contributed by atoms with E-state index in [0.29, 0.717) is 18.4 Å². The van der Waals surface area contributed by atoms with Gasteiger partial charge in [-0.1, -0.05) is 11.8 Å². The van der Waals surface area contributed by atoms with Crippen molar-refractivity contribution in [2.75, 3.05) is 32.9 Å². The van der Waals surface area contributed by atoms with Crippen LogP contribution in [0.15, 0.2) is 23.2 Å². The summed E-state index contributed by atoms with van der Waals surface area (Å²) in [7, 11) is 1.66. The van der Waals surface area contributed by atoms with E-state index in [1.165, 1.54) is 11.8 Å². The first-order valence-electron chi connectivity index (χ1n) is 7.16. The Balaban J connectivity index is 0.00000264. The van der Waals surface area contributed by atoms with Crippen molar-refractivity contribution in [1.82, 2.24) is 0 Å². The Bertz CT molecular complexity index is 516. The van der Waals surface area contributed by atoms with Gasteiger partial charge in [-0.3, -0.25) is 4.99 Å². The molecule has 0 aromatic heterocycles. The number of thioether (sulfide) groups is 1. The van der Waals surface area contributed by atoms with Crippen molar-refractivity contribution in [3.05, 3.63) is 18.2 Å². The molecule has 1 aliphatic heterocycles. The highest BCUT2D eigenvalue weighted by molar-refractivity contribution is 8.13. The molecule has 0 aliphatic carbocycles. The minimum Gasteiger partial charge on any atom is -0.493 e. The van der Waals surface area contributed by atoms with Gasteiger partial charge >= 0.3 is 0 Å². The number of rotatable bonds is 8. The number of amidine groups is 1. The molecule has 1 atom stereocenters. The van der Waals surface area contributed by atoms with Crippen LogP contribution in [0.5, 0.6) is 17.2 Å². The Morgan fingerprint density at radius 3 is 2.96 bits per heavy atom. The third kappa shape index (κ3) is 6.76. The van der Waals surface area contributed by atoms with Gasteiger partial charge in [0.15, 0.2) is 16.7 Å². The molecule has 0 spiro atoms. The van der Waals surface area contributed by atoms with Gasteiger partial charge in [0.25, 0.3) is 0 Å². The van der Waals surface area contributed by atoms with Crippen molar-refractivity contribution >= 4 is 29.3 Å². The molecule has 1 heterocycles. The fourth-order valence-corrected chi connectivity index (χ4v) is 2.65. The summed E-state index contributed by atoms with van der Waals surface area (Å²) in [5, 5.41) is 0.590. The lowest BCUT2D eigenvalue weighted by Crippen LogP contribution is -2.15. The van der Waals surface area contributed by atoms with Gasteiger partial charge in [-0.05, 0) is 25.5 Å². The molecular weight excluding hydrogens is 340 g/mol. The molecule has 0 saturated carbocycles. The fourth-order valence-electron chi connectivity index (χ4n) is 1.93. The number of hydrogen-bond donors (Lipinski definition) is 1. The first-order chi connectivity index (χ1) is 10.7. The number of nitrogens with two attached hydrogens (primary N) is 1. The topological polar surface area (TPSA) is 75.3 Å². The summed E-state index contributed by atoms with van der Waals surface area (Å²) < 4.78 is 21.3. The van der Waals surface area contributed by atoms with Crippen molar-refractivity contribution in [2.45, 2.75) is 19.4 Å². The highest BCUT2D eigenvalue weighted by Gasteiger charge is 2.13. The molecule has 0 fully saturated rings. The summed E-state index contributed by atoms with van der Waals surface area (Å²) in [4.78, 5) is 4.32. The Morgan fingerprint density at radius 1 is 1.39 bits per heavy atom. The number of ether oxygens (including phenoxy) is 4. The van der Waals surface area contributed by atoms with E-state index in [2.05, 4.69) is 4.99 Å². The largest absolute Gasteiger partial charge is 0.493 e. The summed E-state index contributed by atoms with van der Waals surface area (Å²) in [6, 6.07) is 5.66. The van der Waals surface area contributed by atoms with Gasteiger partial charge in [-0.15, -0.1) is 12.4 Å². The zero-order chi connectivity index (χ0) is 15.8. The summed E-state index contributed by atoms with van der Waals surface area (Å²) in [5.41, 5.74) is 5.85. The zero-order valence-corrected chi connectivity index (χ0v) is 15.0. The molecule has 1 aromatic carbocycles. The Kier molecular flexibility index (Phi) is 8.98. The molecular formula is C15H23ClN2O4S. The average Bonchev–Trinajstić information content (AvgIpc) is 2.94. The Hall–Kier alpha value is -1.31. The van der Waals surface area contributed by atoms with Crippen LogP contribution < -0.4 is 19.9 Å². The molecule has 2 rings (SSSR count). The average molecular weight is 363 g/mol.